The molecule has 1 spiro atoms. The number of hydrogen-bond donors (Lipinski definition) is 1. The van der Waals surface area contributed by atoms with Crippen molar-refractivity contribution >= 4 is 12.0 Å². The molecule has 5 heteroatoms. The molecule has 0 aromatic heterocycles. The van der Waals surface area contributed by atoms with Gasteiger partial charge in [0.15, 0.2) is 0 Å². The minimum absolute atomic E-state index is 0.115. The number of nitrogens with zero attached hydrogens (tertiary/aromatic N) is 1. The largest absolute Gasteiger partial charge is 0.443 e. The van der Waals surface area contributed by atoms with Crippen LogP contribution in [-0.2, 0) is 9.53 Å². The first-order chi connectivity index (χ1) is 9.77. The zero-order valence-corrected chi connectivity index (χ0v) is 13.3. The highest BCUT2D eigenvalue weighted by Gasteiger charge is 2.74. The topological polar surface area (TPSA) is 66.8 Å². The summed E-state index contributed by atoms with van der Waals surface area (Å²) in [6.45, 7) is 7.83. The van der Waals surface area contributed by atoms with Crippen LogP contribution >= 0.6 is 0 Å². The van der Waals surface area contributed by atoms with Crippen molar-refractivity contribution in [3.8, 4) is 0 Å². The average Bonchev–Trinajstić information content (AvgIpc) is 2.96. The Balaban J connectivity index is 1.98. The average molecular weight is 295 g/mol. The van der Waals surface area contributed by atoms with Crippen molar-refractivity contribution in [1.29, 1.82) is 0 Å². The van der Waals surface area contributed by atoms with E-state index < -0.39 is 23.7 Å². The fraction of sp³-hybridized carbons (Fsp3) is 0.875. The first-order valence-corrected chi connectivity index (χ1v) is 8.00. The van der Waals surface area contributed by atoms with Gasteiger partial charge in [-0.15, -0.1) is 0 Å². The maximum Gasteiger partial charge on any atom is 0.417 e. The summed E-state index contributed by atoms with van der Waals surface area (Å²) in [6, 6.07) is 0. The van der Waals surface area contributed by atoms with E-state index in [9.17, 15) is 14.7 Å². The Bertz CT molecular complexity index is 489. The lowest BCUT2D eigenvalue weighted by Gasteiger charge is -2.42. The molecule has 3 rings (SSSR count). The molecule has 3 fully saturated rings. The molecule has 1 N–H and O–H groups in total. The predicted molar refractivity (Wildman–Crippen MR) is 76.4 cm³/mol. The molecular formula is C16H25NO4. The normalized spacial score (nSPS) is 39.1. The minimum Gasteiger partial charge on any atom is -0.443 e. The van der Waals surface area contributed by atoms with Crippen LogP contribution in [0.2, 0.25) is 0 Å². The van der Waals surface area contributed by atoms with E-state index in [4.69, 9.17) is 4.74 Å². The zero-order chi connectivity index (χ0) is 15.6. The van der Waals surface area contributed by atoms with E-state index in [-0.39, 0.29) is 17.4 Å². The van der Waals surface area contributed by atoms with E-state index in [1.54, 1.807) is 6.92 Å². The molecule has 5 nitrogen and oxygen atoms in total. The second-order valence-electron chi connectivity index (χ2n) is 7.43. The number of hydrogen-bond acceptors (Lipinski definition) is 4. The predicted octanol–water partition coefficient (Wildman–Crippen LogP) is 2.32. The van der Waals surface area contributed by atoms with Crippen LogP contribution in [0.1, 0.15) is 53.4 Å². The van der Waals surface area contributed by atoms with Crippen molar-refractivity contribution in [3.63, 3.8) is 0 Å². The summed E-state index contributed by atoms with van der Waals surface area (Å²) in [5.74, 6) is -0.365. The quantitative estimate of drug-likeness (QED) is 0.867. The number of amides is 2. The summed E-state index contributed by atoms with van der Waals surface area (Å²) in [6.07, 6.45) is 1.80. The fourth-order valence-electron chi connectivity index (χ4n) is 4.91. The highest BCUT2D eigenvalue weighted by molar-refractivity contribution is 5.96. The molecule has 2 aliphatic carbocycles. The van der Waals surface area contributed by atoms with E-state index in [2.05, 4.69) is 13.8 Å². The van der Waals surface area contributed by atoms with Crippen molar-refractivity contribution in [2.24, 2.45) is 17.3 Å². The molecule has 2 bridgehead atoms. The van der Waals surface area contributed by atoms with Gasteiger partial charge in [0.2, 0.25) is 5.91 Å². The smallest absolute Gasteiger partial charge is 0.417 e. The first-order valence-electron chi connectivity index (χ1n) is 8.00. The second-order valence-corrected chi connectivity index (χ2v) is 7.43. The third-order valence-electron chi connectivity index (χ3n) is 6.47. The van der Waals surface area contributed by atoms with Gasteiger partial charge in [-0.05, 0) is 37.0 Å². The number of ether oxygens (including phenoxy) is 1. The van der Waals surface area contributed by atoms with E-state index in [0.717, 1.165) is 19.3 Å². The molecule has 1 heterocycles. The van der Waals surface area contributed by atoms with Gasteiger partial charge in [-0.3, -0.25) is 4.79 Å². The zero-order valence-electron chi connectivity index (χ0n) is 13.3. The third kappa shape index (κ3) is 1.61. The highest BCUT2D eigenvalue weighted by atomic mass is 16.6. The summed E-state index contributed by atoms with van der Waals surface area (Å²) in [5.41, 5.74) is -0.621. The van der Waals surface area contributed by atoms with Crippen molar-refractivity contribution in [3.05, 3.63) is 0 Å². The molecule has 118 valence electrons. The van der Waals surface area contributed by atoms with Gasteiger partial charge in [0, 0.05) is 0 Å². The maximum atomic E-state index is 12.8. The van der Waals surface area contributed by atoms with Crippen LogP contribution in [0, 0.1) is 17.3 Å². The standard InChI is InChI=1S/C16H25NO4/c1-5-11(18)9(2)13(19)17-14(20)21-12-8-10-6-7-16(12,17)15(10,3)4/h9-12,18H,5-8H2,1-4H3/t9-,10-,11-,12-,16-/m1/s1. The molecular weight excluding hydrogens is 270 g/mol. The van der Waals surface area contributed by atoms with Crippen molar-refractivity contribution in [2.45, 2.75) is 71.1 Å². The van der Waals surface area contributed by atoms with Crippen LogP contribution in [-0.4, -0.2) is 39.8 Å². The second kappa shape index (κ2) is 4.45. The molecule has 0 aromatic rings. The number of rotatable bonds is 3. The third-order valence-corrected chi connectivity index (χ3v) is 6.47. The van der Waals surface area contributed by atoms with Gasteiger partial charge in [-0.1, -0.05) is 27.7 Å². The summed E-state index contributed by atoms with van der Waals surface area (Å²) >= 11 is 0. The summed E-state index contributed by atoms with van der Waals surface area (Å²) in [7, 11) is 0. The molecule has 2 saturated carbocycles. The number of carbonyl (C=O) groups is 2. The van der Waals surface area contributed by atoms with Gasteiger partial charge < -0.3 is 9.84 Å². The number of imide groups is 1. The molecule has 21 heavy (non-hydrogen) atoms. The molecule has 1 saturated heterocycles. The van der Waals surface area contributed by atoms with Gasteiger partial charge in [0.05, 0.1) is 17.6 Å². The number of aliphatic hydroxyl groups is 1. The lowest BCUT2D eigenvalue weighted by Crippen LogP contribution is -2.59. The van der Waals surface area contributed by atoms with Gasteiger partial charge in [0.1, 0.15) is 6.10 Å². The molecule has 0 unspecified atom stereocenters. The monoisotopic (exact) mass is 295 g/mol. The Morgan fingerprint density at radius 3 is 2.76 bits per heavy atom. The summed E-state index contributed by atoms with van der Waals surface area (Å²) < 4.78 is 5.53. The maximum absolute atomic E-state index is 12.8. The van der Waals surface area contributed by atoms with Gasteiger partial charge >= 0.3 is 6.09 Å². The molecule has 0 aromatic carbocycles. The summed E-state index contributed by atoms with van der Waals surface area (Å²) in [5, 5.41) is 9.98. The molecule has 0 radical (unpaired) electrons. The highest BCUT2D eigenvalue weighted by Crippen LogP contribution is 2.66. The fourth-order valence-corrected chi connectivity index (χ4v) is 4.91. The SMILES string of the molecule is CC[C@@H](O)[C@@H](C)C(=O)N1C(=O)O[C@@H]2C[C@H]3CC[C@]21C3(C)C. The lowest BCUT2D eigenvalue weighted by molar-refractivity contribution is -0.142. The van der Waals surface area contributed by atoms with Crippen molar-refractivity contribution < 1.29 is 19.4 Å². The van der Waals surface area contributed by atoms with E-state index in [1.807, 2.05) is 6.92 Å². The van der Waals surface area contributed by atoms with Gasteiger partial charge in [0.25, 0.3) is 0 Å². The van der Waals surface area contributed by atoms with Crippen LogP contribution < -0.4 is 0 Å². The number of carbonyl (C=O) groups excluding carboxylic acids is 2. The van der Waals surface area contributed by atoms with E-state index >= 15 is 0 Å². The minimum atomic E-state index is -0.720. The van der Waals surface area contributed by atoms with Crippen LogP contribution in [0.15, 0.2) is 0 Å². The Morgan fingerprint density at radius 1 is 1.52 bits per heavy atom. The van der Waals surface area contributed by atoms with Gasteiger partial charge in [-0.25, -0.2) is 9.69 Å². The number of aliphatic hydroxyl groups excluding tert-OH is 1. The van der Waals surface area contributed by atoms with Crippen LogP contribution in [0.5, 0.6) is 0 Å². The van der Waals surface area contributed by atoms with E-state index in [1.165, 1.54) is 4.90 Å². The Hall–Kier alpha value is -1.10. The van der Waals surface area contributed by atoms with E-state index in [0.29, 0.717) is 12.3 Å². The Kier molecular flexibility index (Phi) is 3.14. The van der Waals surface area contributed by atoms with Crippen LogP contribution in [0.25, 0.3) is 0 Å². The molecule has 1 aliphatic heterocycles. The van der Waals surface area contributed by atoms with Crippen molar-refractivity contribution in [2.75, 3.05) is 0 Å². The van der Waals surface area contributed by atoms with Crippen LogP contribution in [0.3, 0.4) is 0 Å². The molecule has 2 amide bonds. The Labute approximate surface area is 125 Å². The van der Waals surface area contributed by atoms with Crippen LogP contribution in [0.4, 0.5) is 4.79 Å². The first kappa shape index (κ1) is 14.8. The summed E-state index contributed by atoms with van der Waals surface area (Å²) in [4.78, 5) is 26.5. The van der Waals surface area contributed by atoms with Gasteiger partial charge in [-0.2, -0.15) is 0 Å². The Morgan fingerprint density at radius 2 is 2.19 bits per heavy atom. The lowest BCUT2D eigenvalue weighted by atomic mass is 9.74. The number of fused-ring (bicyclic) bond motifs is 1. The molecule has 3 aliphatic rings. The molecule has 5 atom stereocenters. The van der Waals surface area contributed by atoms with Crippen molar-refractivity contribution in [1.82, 2.24) is 4.90 Å².